The molecule has 19 heavy (non-hydrogen) atoms. The zero-order valence-electron chi connectivity index (χ0n) is 11.5. The highest BCUT2D eigenvalue weighted by Crippen LogP contribution is 2.41. The van der Waals surface area contributed by atoms with Crippen molar-refractivity contribution in [2.45, 2.75) is 32.7 Å². The van der Waals surface area contributed by atoms with Gasteiger partial charge in [0.05, 0.1) is 12.5 Å². The molecule has 1 aromatic rings. The Morgan fingerprint density at radius 3 is 2.74 bits per heavy atom. The summed E-state index contributed by atoms with van der Waals surface area (Å²) in [5.41, 5.74) is 1.33. The molecule has 1 aliphatic rings. The number of methoxy groups -OCH3 is 1. The third-order valence-corrected chi connectivity index (χ3v) is 3.94. The van der Waals surface area contributed by atoms with E-state index in [1.807, 2.05) is 6.07 Å². The van der Waals surface area contributed by atoms with Crippen molar-refractivity contribution in [3.05, 3.63) is 35.1 Å². The lowest BCUT2D eigenvalue weighted by molar-refractivity contribution is -0.158. The smallest absolute Gasteiger partial charge is 0.313 e. The number of benzene rings is 1. The maximum atomic E-state index is 13.1. The van der Waals surface area contributed by atoms with Crippen LogP contribution in [0.2, 0.25) is 0 Å². The van der Waals surface area contributed by atoms with Gasteiger partial charge in [-0.05, 0) is 37.0 Å². The molecule has 0 radical (unpaired) electrons. The summed E-state index contributed by atoms with van der Waals surface area (Å²) in [4.78, 5) is 11.7. The van der Waals surface area contributed by atoms with Gasteiger partial charge in [-0.3, -0.25) is 4.79 Å². The van der Waals surface area contributed by atoms with Crippen LogP contribution in [0.3, 0.4) is 0 Å². The average Bonchev–Trinajstić information content (AvgIpc) is 2.36. The van der Waals surface area contributed by atoms with E-state index in [1.165, 1.54) is 13.2 Å². The highest BCUT2D eigenvalue weighted by Gasteiger charge is 2.44. The molecule has 0 saturated heterocycles. The standard InChI is InChI=1S/C15H20FNO2/c1-11-8-12(4-5-13(11)16)9-17-10-15(6-3-7-15)14(18)19-2/h4-5,8,17H,3,6-7,9-10H2,1-2H3. The second-order valence-electron chi connectivity index (χ2n) is 5.31. The Morgan fingerprint density at radius 1 is 1.47 bits per heavy atom. The Hall–Kier alpha value is -1.42. The number of hydrogen-bond donors (Lipinski definition) is 1. The summed E-state index contributed by atoms with van der Waals surface area (Å²) in [6.45, 7) is 3.01. The average molecular weight is 265 g/mol. The minimum Gasteiger partial charge on any atom is -0.469 e. The maximum absolute atomic E-state index is 13.1. The topological polar surface area (TPSA) is 38.3 Å². The van der Waals surface area contributed by atoms with Crippen molar-refractivity contribution < 1.29 is 13.9 Å². The Bertz CT molecular complexity index is 469. The van der Waals surface area contributed by atoms with Crippen LogP contribution in [0.5, 0.6) is 0 Å². The quantitative estimate of drug-likeness (QED) is 0.832. The summed E-state index contributed by atoms with van der Waals surface area (Å²) in [7, 11) is 1.44. The van der Waals surface area contributed by atoms with Crippen LogP contribution in [0.4, 0.5) is 4.39 Å². The van der Waals surface area contributed by atoms with Crippen LogP contribution in [0.25, 0.3) is 0 Å². The van der Waals surface area contributed by atoms with Crippen molar-refractivity contribution in [3.8, 4) is 0 Å². The van der Waals surface area contributed by atoms with Crippen LogP contribution in [0, 0.1) is 18.2 Å². The van der Waals surface area contributed by atoms with E-state index in [9.17, 15) is 9.18 Å². The molecule has 1 N–H and O–H groups in total. The number of halogens is 1. The van der Waals surface area contributed by atoms with E-state index in [4.69, 9.17) is 4.74 Å². The van der Waals surface area contributed by atoms with Crippen molar-refractivity contribution in [2.24, 2.45) is 5.41 Å². The lowest BCUT2D eigenvalue weighted by atomic mass is 9.68. The predicted molar refractivity (Wildman–Crippen MR) is 71.1 cm³/mol. The first kappa shape index (κ1) is 14.0. The number of nitrogens with one attached hydrogen (secondary N) is 1. The lowest BCUT2D eigenvalue weighted by Gasteiger charge is -2.39. The number of esters is 1. The summed E-state index contributed by atoms with van der Waals surface area (Å²) in [6, 6.07) is 5.07. The summed E-state index contributed by atoms with van der Waals surface area (Å²) in [5.74, 6) is -0.310. The molecule has 0 bridgehead atoms. The SMILES string of the molecule is COC(=O)C1(CNCc2ccc(F)c(C)c2)CCC1. The van der Waals surface area contributed by atoms with Gasteiger partial charge in [-0.25, -0.2) is 4.39 Å². The van der Waals surface area contributed by atoms with Gasteiger partial charge in [0, 0.05) is 13.1 Å². The minimum atomic E-state index is -0.343. The van der Waals surface area contributed by atoms with E-state index in [1.54, 1.807) is 13.0 Å². The van der Waals surface area contributed by atoms with E-state index < -0.39 is 0 Å². The fraction of sp³-hybridized carbons (Fsp3) is 0.533. The summed E-state index contributed by atoms with van der Waals surface area (Å²) in [5, 5.41) is 3.28. The molecule has 104 valence electrons. The van der Waals surface area contributed by atoms with Gasteiger partial charge in [-0.2, -0.15) is 0 Å². The van der Waals surface area contributed by atoms with E-state index in [-0.39, 0.29) is 17.2 Å². The molecule has 0 amide bonds. The normalized spacial score (nSPS) is 16.8. The molecule has 0 heterocycles. The van der Waals surface area contributed by atoms with Gasteiger partial charge in [0.2, 0.25) is 0 Å². The van der Waals surface area contributed by atoms with Crippen LogP contribution in [0.15, 0.2) is 18.2 Å². The predicted octanol–water partition coefficient (Wildman–Crippen LogP) is 2.57. The first-order chi connectivity index (χ1) is 9.07. The highest BCUT2D eigenvalue weighted by atomic mass is 19.1. The highest BCUT2D eigenvalue weighted by molar-refractivity contribution is 5.78. The van der Waals surface area contributed by atoms with E-state index >= 15 is 0 Å². The molecule has 1 aromatic carbocycles. The van der Waals surface area contributed by atoms with Gasteiger partial charge < -0.3 is 10.1 Å². The molecule has 1 saturated carbocycles. The van der Waals surface area contributed by atoms with Crippen molar-refractivity contribution >= 4 is 5.97 Å². The zero-order valence-corrected chi connectivity index (χ0v) is 11.5. The van der Waals surface area contributed by atoms with Crippen LogP contribution >= 0.6 is 0 Å². The third kappa shape index (κ3) is 2.95. The molecule has 4 heteroatoms. The summed E-state index contributed by atoms with van der Waals surface area (Å²) >= 11 is 0. The van der Waals surface area contributed by atoms with Crippen molar-refractivity contribution in [1.82, 2.24) is 5.32 Å². The third-order valence-electron chi connectivity index (χ3n) is 3.94. The van der Waals surface area contributed by atoms with Gasteiger partial charge >= 0.3 is 5.97 Å². The van der Waals surface area contributed by atoms with Crippen molar-refractivity contribution in [1.29, 1.82) is 0 Å². The minimum absolute atomic E-state index is 0.124. The lowest BCUT2D eigenvalue weighted by Crippen LogP contribution is -2.46. The molecule has 1 fully saturated rings. The first-order valence-electron chi connectivity index (χ1n) is 6.61. The van der Waals surface area contributed by atoms with E-state index in [0.29, 0.717) is 18.7 Å². The van der Waals surface area contributed by atoms with Gasteiger partial charge in [-0.1, -0.05) is 18.6 Å². The van der Waals surface area contributed by atoms with Gasteiger partial charge in [0.25, 0.3) is 0 Å². The maximum Gasteiger partial charge on any atom is 0.313 e. The van der Waals surface area contributed by atoms with Gasteiger partial charge in [-0.15, -0.1) is 0 Å². The zero-order chi connectivity index (χ0) is 13.9. The molecule has 1 aliphatic carbocycles. The molecular weight excluding hydrogens is 245 g/mol. The van der Waals surface area contributed by atoms with Crippen LogP contribution in [-0.4, -0.2) is 19.6 Å². The molecule has 2 rings (SSSR count). The Morgan fingerprint density at radius 2 is 2.21 bits per heavy atom. The second-order valence-corrected chi connectivity index (χ2v) is 5.31. The van der Waals surface area contributed by atoms with Crippen LogP contribution in [0.1, 0.15) is 30.4 Å². The number of hydrogen-bond acceptors (Lipinski definition) is 3. The molecular formula is C15H20FNO2. The largest absolute Gasteiger partial charge is 0.469 e. The molecule has 0 unspecified atom stereocenters. The van der Waals surface area contributed by atoms with E-state index in [2.05, 4.69) is 5.32 Å². The van der Waals surface area contributed by atoms with E-state index in [0.717, 1.165) is 24.8 Å². The number of carbonyl (C=O) groups is 1. The first-order valence-corrected chi connectivity index (χ1v) is 6.61. The molecule has 0 spiro atoms. The second kappa shape index (κ2) is 5.70. The fourth-order valence-corrected chi connectivity index (χ4v) is 2.54. The Labute approximate surface area is 113 Å². The number of aryl methyl sites for hydroxylation is 1. The molecule has 0 aliphatic heterocycles. The molecule has 0 atom stereocenters. The van der Waals surface area contributed by atoms with Crippen molar-refractivity contribution in [3.63, 3.8) is 0 Å². The van der Waals surface area contributed by atoms with Crippen LogP contribution in [-0.2, 0) is 16.1 Å². The summed E-state index contributed by atoms with van der Waals surface area (Å²) in [6.07, 6.45) is 2.84. The van der Waals surface area contributed by atoms with Gasteiger partial charge in [0.15, 0.2) is 0 Å². The summed E-state index contributed by atoms with van der Waals surface area (Å²) < 4.78 is 18.0. The Kier molecular flexibility index (Phi) is 4.20. The number of ether oxygens (including phenoxy) is 1. The Balaban J connectivity index is 1.89. The van der Waals surface area contributed by atoms with Gasteiger partial charge in [0.1, 0.15) is 5.82 Å². The number of rotatable bonds is 5. The monoisotopic (exact) mass is 265 g/mol. The van der Waals surface area contributed by atoms with Crippen LogP contribution < -0.4 is 5.32 Å². The molecule has 0 aromatic heterocycles. The van der Waals surface area contributed by atoms with Crippen molar-refractivity contribution in [2.75, 3.05) is 13.7 Å². The fourth-order valence-electron chi connectivity index (χ4n) is 2.54. The number of carbonyl (C=O) groups excluding carboxylic acids is 1. The molecule has 3 nitrogen and oxygen atoms in total.